The number of rotatable bonds is 2. The maximum Gasteiger partial charge on any atom is 0.310 e. The van der Waals surface area contributed by atoms with Crippen molar-refractivity contribution in [1.29, 1.82) is 0 Å². The van der Waals surface area contributed by atoms with Gasteiger partial charge in [-0.25, -0.2) is 0 Å². The molecule has 5 heteroatoms. The van der Waals surface area contributed by atoms with E-state index in [0.717, 1.165) is 18.5 Å². The molecule has 2 atom stereocenters. The molecule has 0 aromatic heterocycles. The molecule has 1 aromatic rings. The molecule has 0 radical (unpaired) electrons. The van der Waals surface area contributed by atoms with Gasteiger partial charge in [-0.2, -0.15) is 0 Å². The van der Waals surface area contributed by atoms with Crippen LogP contribution in [0.4, 0.5) is 0 Å². The van der Waals surface area contributed by atoms with Crippen LogP contribution in [-0.4, -0.2) is 19.6 Å². The second-order valence-corrected chi connectivity index (χ2v) is 4.86. The van der Waals surface area contributed by atoms with Crippen LogP contribution in [-0.2, 0) is 9.53 Å². The monoisotopic (exact) mass is 273 g/mol. The van der Waals surface area contributed by atoms with Gasteiger partial charge in [0, 0.05) is 16.1 Å². The highest BCUT2D eigenvalue weighted by Gasteiger charge is 2.35. The standard InChI is InChI=1S/C12H13Cl2NO2/c1-17-12(16)9-4-5-15-11(9)8-3-2-7(13)6-10(8)14/h2-3,6,9,11,15H,4-5H2,1H3/t9-,11?/m1/s1. The van der Waals surface area contributed by atoms with E-state index in [-0.39, 0.29) is 17.9 Å². The van der Waals surface area contributed by atoms with E-state index in [0.29, 0.717) is 10.0 Å². The third kappa shape index (κ3) is 2.57. The van der Waals surface area contributed by atoms with Crippen LogP contribution in [0, 0.1) is 5.92 Å². The molecule has 17 heavy (non-hydrogen) atoms. The number of carbonyl (C=O) groups excluding carboxylic acids is 1. The average Bonchev–Trinajstić information content (AvgIpc) is 2.77. The number of hydrogen-bond donors (Lipinski definition) is 1. The Kier molecular flexibility index (Phi) is 3.92. The maximum atomic E-state index is 11.6. The molecule has 1 unspecified atom stereocenters. The molecule has 1 aliphatic heterocycles. The van der Waals surface area contributed by atoms with Crippen molar-refractivity contribution in [3.63, 3.8) is 0 Å². The Morgan fingerprint density at radius 2 is 2.24 bits per heavy atom. The molecule has 0 amide bonds. The highest BCUT2D eigenvalue weighted by molar-refractivity contribution is 6.35. The van der Waals surface area contributed by atoms with Gasteiger partial charge in [0.15, 0.2) is 0 Å². The van der Waals surface area contributed by atoms with Crippen molar-refractivity contribution in [3.05, 3.63) is 33.8 Å². The molecular weight excluding hydrogens is 261 g/mol. The van der Waals surface area contributed by atoms with Crippen LogP contribution in [0.5, 0.6) is 0 Å². The molecule has 1 aliphatic rings. The second-order valence-electron chi connectivity index (χ2n) is 4.02. The lowest BCUT2D eigenvalue weighted by atomic mass is 9.94. The van der Waals surface area contributed by atoms with Crippen molar-refractivity contribution in [3.8, 4) is 0 Å². The Morgan fingerprint density at radius 1 is 1.47 bits per heavy atom. The topological polar surface area (TPSA) is 38.3 Å². The summed E-state index contributed by atoms with van der Waals surface area (Å²) in [5, 5.41) is 4.43. The summed E-state index contributed by atoms with van der Waals surface area (Å²) < 4.78 is 4.80. The van der Waals surface area contributed by atoms with E-state index in [1.54, 1.807) is 12.1 Å². The fourth-order valence-electron chi connectivity index (χ4n) is 2.19. The highest BCUT2D eigenvalue weighted by Crippen LogP contribution is 2.35. The number of benzene rings is 1. The average molecular weight is 274 g/mol. The van der Waals surface area contributed by atoms with Crippen LogP contribution >= 0.6 is 23.2 Å². The zero-order valence-corrected chi connectivity index (χ0v) is 10.9. The number of hydrogen-bond acceptors (Lipinski definition) is 3. The number of halogens is 2. The van der Waals surface area contributed by atoms with E-state index < -0.39 is 0 Å². The van der Waals surface area contributed by atoms with Gasteiger partial charge in [0.2, 0.25) is 0 Å². The van der Waals surface area contributed by atoms with Crippen LogP contribution in [0.2, 0.25) is 10.0 Å². The van der Waals surface area contributed by atoms with E-state index in [9.17, 15) is 4.79 Å². The zero-order valence-electron chi connectivity index (χ0n) is 9.37. The Labute approximate surface area is 110 Å². The normalized spacial score (nSPS) is 23.7. The minimum Gasteiger partial charge on any atom is -0.469 e. The van der Waals surface area contributed by atoms with E-state index in [1.807, 2.05) is 6.07 Å². The number of carbonyl (C=O) groups is 1. The largest absolute Gasteiger partial charge is 0.469 e. The first kappa shape index (κ1) is 12.7. The number of nitrogens with one attached hydrogen (secondary N) is 1. The zero-order chi connectivity index (χ0) is 12.4. The van der Waals surface area contributed by atoms with Crippen LogP contribution < -0.4 is 5.32 Å². The SMILES string of the molecule is COC(=O)[C@@H]1CCNC1c1ccc(Cl)cc1Cl. The minimum absolute atomic E-state index is 0.0905. The molecule has 1 N–H and O–H groups in total. The third-order valence-electron chi connectivity index (χ3n) is 3.02. The maximum absolute atomic E-state index is 11.6. The van der Waals surface area contributed by atoms with E-state index in [4.69, 9.17) is 27.9 Å². The Morgan fingerprint density at radius 3 is 2.88 bits per heavy atom. The van der Waals surface area contributed by atoms with E-state index in [2.05, 4.69) is 5.32 Å². The molecule has 1 fully saturated rings. The lowest BCUT2D eigenvalue weighted by Crippen LogP contribution is -2.24. The molecule has 1 heterocycles. The summed E-state index contributed by atoms with van der Waals surface area (Å²) in [4.78, 5) is 11.6. The quantitative estimate of drug-likeness (QED) is 0.843. The number of esters is 1. The van der Waals surface area contributed by atoms with Crippen molar-refractivity contribution in [1.82, 2.24) is 5.32 Å². The third-order valence-corrected chi connectivity index (χ3v) is 3.59. The van der Waals surface area contributed by atoms with Crippen molar-refractivity contribution in [2.24, 2.45) is 5.92 Å². The first-order chi connectivity index (χ1) is 8.13. The van der Waals surface area contributed by atoms with Gasteiger partial charge < -0.3 is 10.1 Å². The van der Waals surface area contributed by atoms with E-state index in [1.165, 1.54) is 7.11 Å². The highest BCUT2D eigenvalue weighted by atomic mass is 35.5. The summed E-state index contributed by atoms with van der Waals surface area (Å²) in [5.41, 5.74) is 0.893. The molecule has 0 bridgehead atoms. The first-order valence-electron chi connectivity index (χ1n) is 5.39. The fourth-order valence-corrected chi connectivity index (χ4v) is 2.72. The molecule has 2 rings (SSSR count). The van der Waals surface area contributed by atoms with Crippen molar-refractivity contribution in [2.75, 3.05) is 13.7 Å². The summed E-state index contributed by atoms with van der Waals surface area (Å²) in [6, 6.07) is 5.22. The van der Waals surface area contributed by atoms with Gasteiger partial charge in [-0.15, -0.1) is 0 Å². The van der Waals surface area contributed by atoms with Gasteiger partial charge in [-0.3, -0.25) is 4.79 Å². The van der Waals surface area contributed by atoms with Gasteiger partial charge in [0.05, 0.1) is 13.0 Å². The first-order valence-corrected chi connectivity index (χ1v) is 6.15. The van der Waals surface area contributed by atoms with Gasteiger partial charge in [-0.1, -0.05) is 29.3 Å². The van der Waals surface area contributed by atoms with Crippen LogP contribution in [0.3, 0.4) is 0 Å². The fraction of sp³-hybridized carbons (Fsp3) is 0.417. The smallest absolute Gasteiger partial charge is 0.310 e. The Hall–Kier alpha value is -0.770. The van der Waals surface area contributed by atoms with Crippen LogP contribution in [0.15, 0.2) is 18.2 Å². The molecule has 0 spiro atoms. The predicted octanol–water partition coefficient (Wildman–Crippen LogP) is 2.82. The van der Waals surface area contributed by atoms with E-state index >= 15 is 0 Å². The van der Waals surface area contributed by atoms with Crippen LogP contribution in [0.1, 0.15) is 18.0 Å². The van der Waals surface area contributed by atoms with Crippen molar-refractivity contribution in [2.45, 2.75) is 12.5 Å². The lowest BCUT2D eigenvalue weighted by Gasteiger charge is -2.19. The van der Waals surface area contributed by atoms with Crippen molar-refractivity contribution < 1.29 is 9.53 Å². The Bertz CT molecular complexity index is 437. The summed E-state index contributed by atoms with van der Waals surface area (Å²) >= 11 is 12.0. The molecule has 0 saturated carbocycles. The van der Waals surface area contributed by atoms with Crippen molar-refractivity contribution >= 4 is 29.2 Å². The molecule has 1 aromatic carbocycles. The predicted molar refractivity (Wildman–Crippen MR) is 67.3 cm³/mol. The second kappa shape index (κ2) is 5.25. The Balaban J connectivity index is 2.29. The molecule has 0 aliphatic carbocycles. The summed E-state index contributed by atoms with van der Waals surface area (Å²) in [6.07, 6.45) is 0.760. The van der Waals surface area contributed by atoms with Gasteiger partial charge in [0.25, 0.3) is 0 Å². The summed E-state index contributed by atoms with van der Waals surface area (Å²) in [5.74, 6) is -0.385. The minimum atomic E-state index is -0.203. The summed E-state index contributed by atoms with van der Waals surface area (Å²) in [7, 11) is 1.40. The summed E-state index contributed by atoms with van der Waals surface area (Å²) in [6.45, 7) is 0.781. The molecule has 3 nitrogen and oxygen atoms in total. The molecule has 92 valence electrons. The molecular formula is C12H13Cl2NO2. The molecule has 1 saturated heterocycles. The lowest BCUT2D eigenvalue weighted by molar-refractivity contribution is -0.145. The van der Waals surface area contributed by atoms with Gasteiger partial charge in [0.1, 0.15) is 0 Å². The number of methoxy groups -OCH3 is 1. The number of ether oxygens (including phenoxy) is 1. The van der Waals surface area contributed by atoms with Gasteiger partial charge in [-0.05, 0) is 30.7 Å². The van der Waals surface area contributed by atoms with Gasteiger partial charge >= 0.3 is 5.97 Å². The van der Waals surface area contributed by atoms with Crippen LogP contribution in [0.25, 0.3) is 0 Å².